The number of pyridine rings is 1. The van der Waals surface area contributed by atoms with E-state index in [1.54, 1.807) is 13.3 Å². The zero-order chi connectivity index (χ0) is 11.7. The van der Waals surface area contributed by atoms with Gasteiger partial charge >= 0.3 is 0 Å². The van der Waals surface area contributed by atoms with Crippen molar-refractivity contribution in [1.82, 2.24) is 10.3 Å². The number of nitrogens with one attached hydrogen (secondary N) is 1. The summed E-state index contributed by atoms with van der Waals surface area (Å²) in [6.45, 7) is 1.14. The number of methoxy groups -OCH3 is 1. The standard InChI is InChI=1S/C14H18N2O/c1-17-12-7-11(8-15-9-12)13-4-2-3-10-5-6-16-14(10)13/h4,7-10,14,16H,2-3,5-6H2,1H3. The Balaban J connectivity index is 1.94. The first kappa shape index (κ1) is 10.8. The molecule has 1 aliphatic heterocycles. The van der Waals surface area contributed by atoms with E-state index < -0.39 is 0 Å². The van der Waals surface area contributed by atoms with E-state index in [9.17, 15) is 0 Å². The zero-order valence-electron chi connectivity index (χ0n) is 10.1. The molecule has 0 aromatic carbocycles. The van der Waals surface area contributed by atoms with Crippen LogP contribution >= 0.6 is 0 Å². The Morgan fingerprint density at radius 3 is 3.18 bits per heavy atom. The van der Waals surface area contributed by atoms with Crippen LogP contribution in [0.1, 0.15) is 24.8 Å². The second-order valence-electron chi connectivity index (χ2n) is 4.83. The van der Waals surface area contributed by atoms with E-state index in [1.165, 1.54) is 30.4 Å². The molecule has 0 spiro atoms. The van der Waals surface area contributed by atoms with E-state index in [4.69, 9.17) is 4.74 Å². The minimum Gasteiger partial charge on any atom is -0.495 e. The fraction of sp³-hybridized carbons (Fsp3) is 0.500. The molecule has 17 heavy (non-hydrogen) atoms. The number of hydrogen-bond donors (Lipinski definition) is 1. The van der Waals surface area contributed by atoms with Crippen molar-refractivity contribution < 1.29 is 4.74 Å². The highest BCUT2D eigenvalue weighted by Crippen LogP contribution is 2.36. The molecule has 2 heterocycles. The molecule has 1 aromatic rings. The van der Waals surface area contributed by atoms with E-state index in [2.05, 4.69) is 22.4 Å². The third-order valence-electron chi connectivity index (χ3n) is 3.87. The van der Waals surface area contributed by atoms with Gasteiger partial charge in [0.25, 0.3) is 0 Å². The molecule has 3 rings (SSSR count). The van der Waals surface area contributed by atoms with Gasteiger partial charge in [0.1, 0.15) is 5.75 Å². The fourth-order valence-electron chi connectivity index (χ4n) is 3.00. The van der Waals surface area contributed by atoms with E-state index in [1.807, 2.05) is 6.20 Å². The molecule has 1 fully saturated rings. The number of hydrogen-bond acceptors (Lipinski definition) is 3. The Hall–Kier alpha value is -1.35. The van der Waals surface area contributed by atoms with Crippen molar-refractivity contribution in [2.45, 2.75) is 25.3 Å². The highest BCUT2D eigenvalue weighted by molar-refractivity contribution is 5.71. The van der Waals surface area contributed by atoms with E-state index in [-0.39, 0.29) is 0 Å². The molecule has 3 heteroatoms. The number of fused-ring (bicyclic) bond motifs is 1. The van der Waals surface area contributed by atoms with Crippen LogP contribution in [0.25, 0.3) is 5.57 Å². The van der Waals surface area contributed by atoms with Crippen LogP contribution < -0.4 is 10.1 Å². The highest BCUT2D eigenvalue weighted by atomic mass is 16.5. The third kappa shape index (κ3) is 1.95. The topological polar surface area (TPSA) is 34.1 Å². The van der Waals surface area contributed by atoms with Crippen LogP contribution in [0.15, 0.2) is 24.5 Å². The molecule has 0 bridgehead atoms. The Morgan fingerprint density at radius 2 is 2.29 bits per heavy atom. The Bertz CT molecular complexity index is 442. The van der Waals surface area contributed by atoms with E-state index in [0.717, 1.165) is 18.2 Å². The van der Waals surface area contributed by atoms with Crippen LogP contribution in [0.3, 0.4) is 0 Å². The van der Waals surface area contributed by atoms with Gasteiger partial charge in [0.2, 0.25) is 0 Å². The molecule has 2 aliphatic rings. The molecule has 3 nitrogen and oxygen atoms in total. The molecule has 1 aliphatic carbocycles. The lowest BCUT2D eigenvalue weighted by molar-refractivity contribution is 0.412. The molecule has 2 atom stereocenters. The molecule has 0 saturated carbocycles. The van der Waals surface area contributed by atoms with Gasteiger partial charge in [0, 0.05) is 17.8 Å². The third-order valence-corrected chi connectivity index (χ3v) is 3.87. The first-order valence-corrected chi connectivity index (χ1v) is 6.31. The van der Waals surface area contributed by atoms with Crippen molar-refractivity contribution in [3.05, 3.63) is 30.1 Å². The average Bonchev–Trinajstić information content (AvgIpc) is 2.87. The van der Waals surface area contributed by atoms with Gasteiger partial charge in [-0.15, -0.1) is 0 Å². The number of aromatic nitrogens is 1. The second kappa shape index (κ2) is 4.49. The van der Waals surface area contributed by atoms with Crippen LogP contribution in [0.4, 0.5) is 0 Å². The van der Waals surface area contributed by atoms with Gasteiger partial charge in [-0.3, -0.25) is 4.98 Å². The van der Waals surface area contributed by atoms with Gasteiger partial charge in [-0.05, 0) is 43.4 Å². The molecule has 0 amide bonds. The minimum absolute atomic E-state index is 0.526. The Kier molecular flexibility index (Phi) is 2.85. The maximum atomic E-state index is 5.25. The summed E-state index contributed by atoms with van der Waals surface area (Å²) < 4.78 is 5.25. The lowest BCUT2D eigenvalue weighted by atomic mass is 9.82. The summed E-state index contributed by atoms with van der Waals surface area (Å²) in [5.74, 6) is 1.64. The Morgan fingerprint density at radius 1 is 1.35 bits per heavy atom. The van der Waals surface area contributed by atoms with Crippen LogP contribution in [-0.4, -0.2) is 24.7 Å². The van der Waals surface area contributed by atoms with Crippen molar-refractivity contribution in [2.24, 2.45) is 5.92 Å². The van der Waals surface area contributed by atoms with Crippen LogP contribution in [-0.2, 0) is 0 Å². The predicted octanol–water partition coefficient (Wildman–Crippen LogP) is 2.25. The summed E-state index contributed by atoms with van der Waals surface area (Å²) in [5.41, 5.74) is 2.61. The van der Waals surface area contributed by atoms with Crippen molar-refractivity contribution in [1.29, 1.82) is 0 Å². The average molecular weight is 230 g/mol. The summed E-state index contributed by atoms with van der Waals surface area (Å²) >= 11 is 0. The first-order chi connectivity index (χ1) is 8.38. The Labute approximate surface area is 102 Å². The number of ether oxygens (including phenoxy) is 1. The van der Waals surface area contributed by atoms with Gasteiger partial charge in [-0.2, -0.15) is 0 Å². The summed E-state index contributed by atoms with van der Waals surface area (Å²) in [6.07, 6.45) is 9.87. The maximum Gasteiger partial charge on any atom is 0.137 e. The van der Waals surface area contributed by atoms with Gasteiger partial charge in [0.15, 0.2) is 0 Å². The van der Waals surface area contributed by atoms with Gasteiger partial charge < -0.3 is 10.1 Å². The minimum atomic E-state index is 0.526. The molecule has 1 N–H and O–H groups in total. The largest absolute Gasteiger partial charge is 0.495 e. The van der Waals surface area contributed by atoms with Crippen LogP contribution in [0, 0.1) is 5.92 Å². The van der Waals surface area contributed by atoms with Crippen molar-refractivity contribution >= 4 is 5.57 Å². The van der Waals surface area contributed by atoms with Crippen LogP contribution in [0.5, 0.6) is 5.75 Å². The first-order valence-electron chi connectivity index (χ1n) is 6.31. The van der Waals surface area contributed by atoms with Gasteiger partial charge in [0.05, 0.1) is 13.3 Å². The summed E-state index contributed by atoms with van der Waals surface area (Å²) in [6, 6.07) is 2.61. The fourth-order valence-corrected chi connectivity index (χ4v) is 3.00. The van der Waals surface area contributed by atoms with E-state index in [0.29, 0.717) is 6.04 Å². The molecule has 1 aromatic heterocycles. The summed E-state index contributed by atoms with van der Waals surface area (Å²) in [4.78, 5) is 4.25. The molecule has 2 unspecified atom stereocenters. The highest BCUT2D eigenvalue weighted by Gasteiger charge is 2.32. The molecular formula is C14H18N2O. The monoisotopic (exact) mass is 230 g/mol. The number of rotatable bonds is 2. The molecule has 0 radical (unpaired) electrons. The lowest BCUT2D eigenvalue weighted by Gasteiger charge is -2.27. The number of nitrogens with zero attached hydrogens (tertiary/aromatic N) is 1. The normalized spacial score (nSPS) is 27.5. The lowest BCUT2D eigenvalue weighted by Crippen LogP contribution is -2.30. The second-order valence-corrected chi connectivity index (χ2v) is 4.83. The van der Waals surface area contributed by atoms with Crippen LogP contribution in [0.2, 0.25) is 0 Å². The zero-order valence-corrected chi connectivity index (χ0v) is 10.1. The smallest absolute Gasteiger partial charge is 0.137 e. The van der Waals surface area contributed by atoms with Gasteiger partial charge in [-0.25, -0.2) is 0 Å². The number of allylic oxidation sites excluding steroid dienone is 1. The SMILES string of the molecule is COc1cncc(C2=CCCC3CCNC23)c1. The summed E-state index contributed by atoms with van der Waals surface area (Å²) in [5, 5.41) is 3.61. The predicted molar refractivity (Wildman–Crippen MR) is 67.9 cm³/mol. The summed E-state index contributed by atoms with van der Waals surface area (Å²) in [7, 11) is 1.69. The van der Waals surface area contributed by atoms with Crippen molar-refractivity contribution in [3.8, 4) is 5.75 Å². The maximum absolute atomic E-state index is 5.25. The van der Waals surface area contributed by atoms with Gasteiger partial charge in [-0.1, -0.05) is 6.08 Å². The van der Waals surface area contributed by atoms with Crippen molar-refractivity contribution in [2.75, 3.05) is 13.7 Å². The quantitative estimate of drug-likeness (QED) is 0.846. The molecular weight excluding hydrogens is 212 g/mol. The molecule has 1 saturated heterocycles. The van der Waals surface area contributed by atoms with Crippen molar-refractivity contribution in [3.63, 3.8) is 0 Å². The molecule has 90 valence electrons. The van der Waals surface area contributed by atoms with E-state index >= 15 is 0 Å².